The van der Waals surface area contributed by atoms with Crippen molar-refractivity contribution in [1.82, 2.24) is 0 Å². The van der Waals surface area contributed by atoms with E-state index in [2.05, 4.69) is 54.0 Å². The van der Waals surface area contributed by atoms with Gasteiger partial charge in [0.05, 0.1) is 0 Å². The second-order valence-electron chi connectivity index (χ2n) is 4.51. The summed E-state index contributed by atoms with van der Waals surface area (Å²) in [5.41, 5.74) is 8.17. The van der Waals surface area contributed by atoms with Crippen LogP contribution >= 0.6 is 27.7 Å². The van der Waals surface area contributed by atoms with E-state index in [1.54, 1.807) is 11.8 Å². The summed E-state index contributed by atoms with van der Waals surface area (Å²) in [4.78, 5) is 2.31. The topological polar surface area (TPSA) is 26.0 Å². The molecule has 0 aliphatic rings. The number of benzene rings is 2. The fraction of sp³-hybridized carbons (Fsp3) is 0.200. The molecule has 1 nitrogen and oxygen atoms in total. The molecule has 18 heavy (non-hydrogen) atoms. The Morgan fingerprint density at radius 3 is 2.28 bits per heavy atom. The molecule has 0 aliphatic heterocycles. The van der Waals surface area contributed by atoms with Crippen molar-refractivity contribution in [3.63, 3.8) is 0 Å². The lowest BCUT2D eigenvalue weighted by molar-refractivity contribution is 0.865. The monoisotopic (exact) mass is 321 g/mol. The van der Waals surface area contributed by atoms with Gasteiger partial charge in [0.15, 0.2) is 0 Å². The highest BCUT2D eigenvalue weighted by atomic mass is 79.9. The third-order valence-corrected chi connectivity index (χ3v) is 4.34. The van der Waals surface area contributed by atoms with Gasteiger partial charge in [-0.3, -0.25) is 0 Å². The largest absolute Gasteiger partial charge is 0.398 e. The summed E-state index contributed by atoms with van der Waals surface area (Å²) < 4.78 is 1.01. The molecule has 94 valence electrons. The minimum absolute atomic E-state index is 0.571. The maximum atomic E-state index is 6.00. The summed E-state index contributed by atoms with van der Waals surface area (Å²) in [5.74, 6) is 0.571. The van der Waals surface area contributed by atoms with Crippen molar-refractivity contribution in [1.29, 1.82) is 0 Å². The first-order valence-electron chi connectivity index (χ1n) is 5.89. The predicted octanol–water partition coefficient (Wildman–Crippen LogP) is 5.31. The van der Waals surface area contributed by atoms with Crippen LogP contribution in [0.1, 0.15) is 25.3 Å². The standard InChI is InChI=1S/C15H16BrNS/c1-10(2)11-3-6-13(7-4-11)18-15-8-5-12(16)9-14(15)17/h3-10H,17H2,1-2H3. The lowest BCUT2D eigenvalue weighted by Crippen LogP contribution is -1.89. The molecular weight excluding hydrogens is 306 g/mol. The Hall–Kier alpha value is -0.930. The molecule has 3 heteroatoms. The molecule has 0 spiro atoms. The Morgan fingerprint density at radius 2 is 1.72 bits per heavy atom. The van der Waals surface area contributed by atoms with E-state index in [1.807, 2.05) is 18.2 Å². The Balaban J connectivity index is 2.18. The number of hydrogen-bond donors (Lipinski definition) is 1. The normalized spacial score (nSPS) is 10.9. The van der Waals surface area contributed by atoms with E-state index in [9.17, 15) is 0 Å². The van der Waals surface area contributed by atoms with Gasteiger partial charge in [0.2, 0.25) is 0 Å². The number of anilines is 1. The molecule has 0 saturated carbocycles. The van der Waals surface area contributed by atoms with E-state index in [4.69, 9.17) is 5.73 Å². The van der Waals surface area contributed by atoms with Crippen LogP contribution in [0.5, 0.6) is 0 Å². The van der Waals surface area contributed by atoms with Gasteiger partial charge in [-0.25, -0.2) is 0 Å². The maximum absolute atomic E-state index is 6.00. The van der Waals surface area contributed by atoms with Crippen molar-refractivity contribution < 1.29 is 0 Å². The minimum Gasteiger partial charge on any atom is -0.398 e. The van der Waals surface area contributed by atoms with Crippen molar-refractivity contribution in [3.05, 3.63) is 52.5 Å². The van der Waals surface area contributed by atoms with E-state index in [-0.39, 0.29) is 0 Å². The third kappa shape index (κ3) is 3.30. The lowest BCUT2D eigenvalue weighted by Gasteiger charge is -2.08. The average molecular weight is 322 g/mol. The lowest BCUT2D eigenvalue weighted by atomic mass is 10.0. The molecule has 2 aromatic carbocycles. The number of nitrogens with two attached hydrogens (primary N) is 1. The van der Waals surface area contributed by atoms with Gasteiger partial charge < -0.3 is 5.73 Å². The summed E-state index contributed by atoms with van der Waals surface area (Å²) in [6.07, 6.45) is 0. The molecule has 0 atom stereocenters. The van der Waals surface area contributed by atoms with Gasteiger partial charge in [0.25, 0.3) is 0 Å². The summed E-state index contributed by atoms with van der Waals surface area (Å²) in [6.45, 7) is 4.41. The van der Waals surface area contributed by atoms with E-state index < -0.39 is 0 Å². The van der Waals surface area contributed by atoms with E-state index in [1.165, 1.54) is 10.5 Å². The number of halogens is 1. The zero-order valence-corrected chi connectivity index (χ0v) is 12.9. The van der Waals surface area contributed by atoms with E-state index in [0.717, 1.165) is 15.1 Å². The Kier molecular flexibility index (Phi) is 4.36. The van der Waals surface area contributed by atoms with Crippen LogP contribution in [0.25, 0.3) is 0 Å². The van der Waals surface area contributed by atoms with Crippen molar-refractivity contribution in [2.45, 2.75) is 29.6 Å². The van der Waals surface area contributed by atoms with Gasteiger partial charge >= 0.3 is 0 Å². The van der Waals surface area contributed by atoms with Crippen molar-refractivity contribution in [2.75, 3.05) is 5.73 Å². The van der Waals surface area contributed by atoms with Crippen LogP contribution in [0, 0.1) is 0 Å². The predicted molar refractivity (Wildman–Crippen MR) is 83.2 cm³/mol. The van der Waals surface area contributed by atoms with Gasteiger partial charge in [0, 0.05) is 20.0 Å². The fourth-order valence-corrected chi connectivity index (χ4v) is 2.88. The summed E-state index contributed by atoms with van der Waals surface area (Å²) in [6, 6.07) is 14.7. The molecule has 0 aromatic heterocycles. The van der Waals surface area contributed by atoms with Gasteiger partial charge in [0.1, 0.15) is 0 Å². The first-order chi connectivity index (χ1) is 8.56. The first kappa shape index (κ1) is 13.5. The van der Waals surface area contributed by atoms with Crippen LogP contribution in [-0.2, 0) is 0 Å². The fourth-order valence-electron chi connectivity index (χ4n) is 1.66. The number of nitrogen functional groups attached to an aromatic ring is 1. The van der Waals surface area contributed by atoms with Crippen molar-refractivity contribution in [2.24, 2.45) is 0 Å². The van der Waals surface area contributed by atoms with Gasteiger partial charge in [-0.15, -0.1) is 0 Å². The van der Waals surface area contributed by atoms with E-state index in [0.29, 0.717) is 5.92 Å². The molecule has 0 saturated heterocycles. The molecule has 0 radical (unpaired) electrons. The van der Waals surface area contributed by atoms with Crippen molar-refractivity contribution in [3.8, 4) is 0 Å². The molecular formula is C15H16BrNS. The molecule has 0 unspecified atom stereocenters. The van der Waals surface area contributed by atoms with Crippen LogP contribution in [-0.4, -0.2) is 0 Å². The number of hydrogen-bond acceptors (Lipinski definition) is 2. The molecule has 2 N–H and O–H groups in total. The summed E-state index contributed by atoms with van der Waals surface area (Å²) in [7, 11) is 0. The van der Waals surface area contributed by atoms with Gasteiger partial charge in [-0.05, 0) is 41.8 Å². The number of rotatable bonds is 3. The van der Waals surface area contributed by atoms with Crippen LogP contribution in [0.2, 0.25) is 0 Å². The molecule has 0 heterocycles. The molecule has 2 rings (SSSR count). The highest BCUT2D eigenvalue weighted by Crippen LogP contribution is 2.34. The molecule has 0 amide bonds. The van der Waals surface area contributed by atoms with Crippen LogP contribution in [0.15, 0.2) is 56.7 Å². The van der Waals surface area contributed by atoms with Crippen LogP contribution in [0.4, 0.5) is 5.69 Å². The molecule has 0 bridgehead atoms. The second kappa shape index (κ2) is 5.81. The SMILES string of the molecule is CC(C)c1ccc(Sc2ccc(Br)cc2N)cc1. The summed E-state index contributed by atoms with van der Waals surface area (Å²) >= 11 is 5.12. The second-order valence-corrected chi connectivity index (χ2v) is 6.54. The first-order valence-corrected chi connectivity index (χ1v) is 7.50. The maximum Gasteiger partial charge on any atom is 0.0467 e. The minimum atomic E-state index is 0.571. The highest BCUT2D eigenvalue weighted by molar-refractivity contribution is 9.10. The average Bonchev–Trinajstić information content (AvgIpc) is 2.33. The quantitative estimate of drug-likeness (QED) is 0.775. The van der Waals surface area contributed by atoms with Crippen molar-refractivity contribution >= 4 is 33.4 Å². The Labute approximate surface area is 121 Å². The molecule has 0 fully saturated rings. The van der Waals surface area contributed by atoms with Crippen LogP contribution in [0.3, 0.4) is 0 Å². The zero-order chi connectivity index (χ0) is 13.1. The third-order valence-electron chi connectivity index (χ3n) is 2.75. The van der Waals surface area contributed by atoms with Crippen LogP contribution < -0.4 is 5.73 Å². The zero-order valence-electron chi connectivity index (χ0n) is 10.5. The van der Waals surface area contributed by atoms with E-state index >= 15 is 0 Å². The Morgan fingerprint density at radius 1 is 1.06 bits per heavy atom. The van der Waals surface area contributed by atoms with Gasteiger partial charge in [-0.1, -0.05) is 53.7 Å². The molecule has 0 aliphatic carbocycles. The Bertz CT molecular complexity index is 535. The highest BCUT2D eigenvalue weighted by Gasteiger charge is 2.04. The summed E-state index contributed by atoms with van der Waals surface area (Å²) in [5, 5.41) is 0. The smallest absolute Gasteiger partial charge is 0.0467 e. The van der Waals surface area contributed by atoms with Gasteiger partial charge in [-0.2, -0.15) is 0 Å². The molecule has 2 aromatic rings.